The first kappa shape index (κ1) is 9.68. The maximum Gasteiger partial charge on any atom is 0.250 e. The summed E-state index contributed by atoms with van der Waals surface area (Å²) in [7, 11) is 1.53. The maximum atomic E-state index is 11.1. The van der Waals surface area contributed by atoms with E-state index < -0.39 is 6.10 Å². The molecule has 2 N–H and O–H groups in total. The van der Waals surface area contributed by atoms with Crippen molar-refractivity contribution in [2.75, 3.05) is 26.7 Å². The molecule has 2 heterocycles. The molecule has 1 fully saturated rings. The monoisotopic (exact) mass is 196 g/mol. The van der Waals surface area contributed by atoms with Crippen molar-refractivity contribution in [2.45, 2.75) is 12.5 Å². The highest BCUT2D eigenvalue weighted by Gasteiger charge is 2.31. The van der Waals surface area contributed by atoms with E-state index >= 15 is 0 Å². The molecular formula is C10H16N2O2. The first-order valence-electron chi connectivity index (χ1n) is 4.95. The molecule has 0 aromatic carbocycles. The quantitative estimate of drug-likeness (QED) is 0.633. The van der Waals surface area contributed by atoms with Crippen molar-refractivity contribution in [3.63, 3.8) is 0 Å². The average molecular weight is 196 g/mol. The van der Waals surface area contributed by atoms with Gasteiger partial charge in [-0.3, -0.25) is 9.69 Å². The number of ether oxygens (including phenoxy) is 1. The molecule has 0 aromatic rings. The highest BCUT2D eigenvalue weighted by molar-refractivity contribution is 5.82. The summed E-state index contributed by atoms with van der Waals surface area (Å²) in [6.07, 6.45) is 2.83. The Labute approximate surface area is 83.7 Å². The van der Waals surface area contributed by atoms with Crippen LogP contribution in [-0.4, -0.2) is 43.7 Å². The fraction of sp³-hybridized carbons (Fsp3) is 0.700. The number of rotatable bonds is 3. The lowest BCUT2D eigenvalue weighted by atomic mass is 9.98. The minimum Gasteiger partial charge on any atom is -0.367 e. The van der Waals surface area contributed by atoms with Gasteiger partial charge in [0, 0.05) is 20.2 Å². The second-order valence-corrected chi connectivity index (χ2v) is 4.04. The smallest absolute Gasteiger partial charge is 0.250 e. The van der Waals surface area contributed by atoms with Crippen LogP contribution in [0.25, 0.3) is 0 Å². The number of primary amides is 1. The van der Waals surface area contributed by atoms with E-state index in [4.69, 9.17) is 10.5 Å². The predicted octanol–water partition coefficient (Wildman–Crippen LogP) is -0.251. The number of amides is 1. The number of carbonyl (C=O) groups is 1. The van der Waals surface area contributed by atoms with E-state index in [1.54, 1.807) is 0 Å². The normalized spacial score (nSPS) is 32.5. The summed E-state index contributed by atoms with van der Waals surface area (Å²) < 4.78 is 5.11. The summed E-state index contributed by atoms with van der Waals surface area (Å²) in [6, 6.07) is 0. The molecule has 3 unspecified atom stereocenters. The van der Waals surface area contributed by atoms with Gasteiger partial charge in [0.2, 0.25) is 0 Å². The number of nitrogens with two attached hydrogens (primary N) is 1. The minimum atomic E-state index is -0.529. The molecule has 0 spiro atoms. The molecule has 3 atom stereocenters. The Hall–Kier alpha value is -0.870. The molecule has 1 amide bonds. The molecule has 0 aliphatic carbocycles. The third-order valence-corrected chi connectivity index (χ3v) is 3.00. The number of methoxy groups -OCH3 is 1. The third-order valence-electron chi connectivity index (χ3n) is 3.00. The topological polar surface area (TPSA) is 55.6 Å². The van der Waals surface area contributed by atoms with Gasteiger partial charge in [-0.2, -0.15) is 0 Å². The second-order valence-electron chi connectivity index (χ2n) is 4.04. The van der Waals surface area contributed by atoms with Crippen LogP contribution in [0, 0.1) is 5.92 Å². The van der Waals surface area contributed by atoms with Crippen molar-refractivity contribution >= 4 is 5.91 Å². The van der Waals surface area contributed by atoms with Gasteiger partial charge in [-0.15, -0.1) is 0 Å². The summed E-state index contributed by atoms with van der Waals surface area (Å²) in [5.41, 5.74) is 6.30. The molecule has 0 saturated carbocycles. The van der Waals surface area contributed by atoms with Gasteiger partial charge in [-0.05, 0) is 24.5 Å². The second kappa shape index (κ2) is 3.71. The van der Waals surface area contributed by atoms with Crippen LogP contribution in [0.1, 0.15) is 6.42 Å². The van der Waals surface area contributed by atoms with Gasteiger partial charge >= 0.3 is 0 Å². The van der Waals surface area contributed by atoms with E-state index in [0.717, 1.165) is 25.2 Å². The average Bonchev–Trinajstić information content (AvgIpc) is 2.46. The number of fused-ring (bicyclic) bond motifs is 2. The van der Waals surface area contributed by atoms with Crippen molar-refractivity contribution in [2.24, 2.45) is 11.7 Å². The van der Waals surface area contributed by atoms with Crippen LogP contribution < -0.4 is 5.73 Å². The molecule has 0 radical (unpaired) electrons. The van der Waals surface area contributed by atoms with E-state index in [1.807, 2.05) is 0 Å². The summed E-state index contributed by atoms with van der Waals surface area (Å²) >= 11 is 0. The Morgan fingerprint density at radius 3 is 3.14 bits per heavy atom. The zero-order chi connectivity index (χ0) is 10.1. The van der Waals surface area contributed by atoms with Crippen LogP contribution in [0.3, 0.4) is 0 Å². The molecule has 2 aliphatic rings. The molecule has 4 nitrogen and oxygen atoms in total. The van der Waals surface area contributed by atoms with Gasteiger partial charge in [-0.25, -0.2) is 0 Å². The zero-order valence-corrected chi connectivity index (χ0v) is 8.40. The lowest BCUT2D eigenvalue weighted by molar-refractivity contribution is -0.125. The molecule has 14 heavy (non-hydrogen) atoms. The number of carbonyl (C=O) groups excluding carboxylic acids is 1. The standard InChI is InChI=1S/C10H16N2O2/c1-14-9(10(11)13)8-4-7-2-3-12(5-7)6-8/h4,7,9H,2-3,5-6H2,1H3,(H2,11,13). The van der Waals surface area contributed by atoms with Crippen LogP contribution in [0.2, 0.25) is 0 Å². The number of hydrogen-bond acceptors (Lipinski definition) is 3. The Morgan fingerprint density at radius 2 is 2.57 bits per heavy atom. The van der Waals surface area contributed by atoms with Crippen LogP contribution in [0.4, 0.5) is 0 Å². The largest absolute Gasteiger partial charge is 0.367 e. The van der Waals surface area contributed by atoms with Crippen molar-refractivity contribution in [3.05, 3.63) is 11.6 Å². The summed E-state index contributed by atoms with van der Waals surface area (Å²) in [5, 5.41) is 0. The van der Waals surface area contributed by atoms with Crippen molar-refractivity contribution in [1.82, 2.24) is 4.90 Å². The van der Waals surface area contributed by atoms with Gasteiger partial charge < -0.3 is 10.5 Å². The first-order chi connectivity index (χ1) is 6.70. The molecule has 78 valence electrons. The molecular weight excluding hydrogens is 180 g/mol. The van der Waals surface area contributed by atoms with Crippen molar-refractivity contribution in [3.8, 4) is 0 Å². The minimum absolute atomic E-state index is 0.388. The zero-order valence-electron chi connectivity index (χ0n) is 8.40. The van der Waals surface area contributed by atoms with Gasteiger partial charge in [-0.1, -0.05) is 6.08 Å². The van der Waals surface area contributed by atoms with Crippen molar-refractivity contribution in [1.29, 1.82) is 0 Å². The van der Waals surface area contributed by atoms with E-state index in [2.05, 4.69) is 11.0 Å². The first-order valence-corrected chi connectivity index (χ1v) is 4.95. The fourth-order valence-electron chi connectivity index (χ4n) is 2.38. The molecule has 2 rings (SSSR count). The Morgan fingerprint density at radius 1 is 1.79 bits per heavy atom. The number of hydrogen-bond donors (Lipinski definition) is 1. The molecule has 0 aromatic heterocycles. The summed E-state index contributed by atoms with van der Waals surface area (Å²) in [5.74, 6) is 0.206. The van der Waals surface area contributed by atoms with E-state index in [-0.39, 0.29) is 5.91 Å². The van der Waals surface area contributed by atoms with Gasteiger partial charge in [0.05, 0.1) is 0 Å². The number of nitrogens with zero attached hydrogens (tertiary/aromatic N) is 1. The lowest BCUT2D eigenvalue weighted by Crippen LogP contribution is -2.38. The predicted molar refractivity (Wildman–Crippen MR) is 52.6 cm³/mol. The van der Waals surface area contributed by atoms with Crippen LogP contribution >= 0.6 is 0 Å². The van der Waals surface area contributed by atoms with E-state index in [1.165, 1.54) is 13.5 Å². The molecule has 4 heteroatoms. The van der Waals surface area contributed by atoms with Gasteiger partial charge in [0.15, 0.2) is 6.10 Å². The highest BCUT2D eigenvalue weighted by atomic mass is 16.5. The van der Waals surface area contributed by atoms with E-state index in [0.29, 0.717) is 5.92 Å². The lowest BCUT2D eigenvalue weighted by Gasteiger charge is -2.26. The van der Waals surface area contributed by atoms with E-state index in [9.17, 15) is 4.79 Å². The summed E-state index contributed by atoms with van der Waals surface area (Å²) in [6.45, 7) is 3.08. The molecule has 2 aliphatic heterocycles. The fourth-order valence-corrected chi connectivity index (χ4v) is 2.38. The van der Waals surface area contributed by atoms with Crippen LogP contribution in [0.15, 0.2) is 11.6 Å². The Kier molecular flexibility index (Phi) is 2.56. The summed E-state index contributed by atoms with van der Waals surface area (Å²) in [4.78, 5) is 13.4. The highest BCUT2D eigenvalue weighted by Crippen LogP contribution is 2.27. The van der Waals surface area contributed by atoms with Crippen molar-refractivity contribution < 1.29 is 9.53 Å². The Bertz CT molecular complexity index is 275. The third kappa shape index (κ3) is 1.67. The molecule has 2 bridgehead atoms. The van der Waals surface area contributed by atoms with Crippen LogP contribution in [-0.2, 0) is 9.53 Å². The Balaban J connectivity index is 2.14. The van der Waals surface area contributed by atoms with Gasteiger partial charge in [0.1, 0.15) is 0 Å². The SMILES string of the molecule is COC(C(N)=O)C1=CC2CCN(C1)C2. The molecule has 1 saturated heterocycles. The van der Waals surface area contributed by atoms with Crippen LogP contribution in [0.5, 0.6) is 0 Å². The van der Waals surface area contributed by atoms with Gasteiger partial charge in [0.25, 0.3) is 5.91 Å². The maximum absolute atomic E-state index is 11.1.